The summed E-state index contributed by atoms with van der Waals surface area (Å²) in [7, 11) is 0. The third-order valence-corrected chi connectivity index (χ3v) is 4.50. The fraction of sp³-hybridized carbons (Fsp3) is 0.0909. The smallest absolute Gasteiger partial charge is 0.255 e. The normalized spacial score (nSPS) is 10.6. The summed E-state index contributed by atoms with van der Waals surface area (Å²) in [6, 6.07) is 17.6. The molecule has 5 N–H and O–H groups in total. The molecule has 4 aromatic rings. The highest BCUT2D eigenvalue weighted by atomic mass is 16.5. The zero-order valence-electron chi connectivity index (χ0n) is 16.4. The van der Waals surface area contributed by atoms with E-state index in [1.165, 1.54) is 0 Å². The van der Waals surface area contributed by atoms with Gasteiger partial charge in [0.15, 0.2) is 5.76 Å². The molecule has 0 saturated carbocycles. The van der Waals surface area contributed by atoms with Crippen molar-refractivity contribution in [1.29, 1.82) is 0 Å². The monoisotopic (exact) mass is 416 g/mol. The van der Waals surface area contributed by atoms with Crippen molar-refractivity contribution in [2.75, 3.05) is 16.4 Å². The lowest BCUT2D eigenvalue weighted by molar-refractivity contribution is 0.102. The number of carbonyl (C=O) groups excluding carboxylic acids is 1. The summed E-state index contributed by atoms with van der Waals surface area (Å²) in [5, 5.41) is 18.8. The van der Waals surface area contributed by atoms with E-state index in [4.69, 9.17) is 15.4 Å². The average molecular weight is 416 g/mol. The number of para-hydroxylation sites is 2. The second-order valence-corrected chi connectivity index (χ2v) is 6.70. The quantitative estimate of drug-likeness (QED) is 0.337. The van der Waals surface area contributed by atoms with Crippen LogP contribution in [0.15, 0.2) is 71.4 Å². The summed E-state index contributed by atoms with van der Waals surface area (Å²) < 4.78 is 5.17. The number of nitrogens with zero attached hydrogens (tertiary/aromatic N) is 3. The van der Waals surface area contributed by atoms with Gasteiger partial charge in [-0.05, 0) is 35.9 Å². The summed E-state index contributed by atoms with van der Waals surface area (Å²) in [6.07, 6.45) is 1.61. The highest BCUT2D eigenvalue weighted by Crippen LogP contribution is 2.20. The Bertz CT molecular complexity index is 1190. The summed E-state index contributed by atoms with van der Waals surface area (Å²) >= 11 is 0. The third kappa shape index (κ3) is 4.85. The Balaban J connectivity index is 1.38. The largest absolute Gasteiger partial charge is 0.397 e. The molecular formula is C22H20N6O3. The van der Waals surface area contributed by atoms with Crippen molar-refractivity contribution in [3.05, 3.63) is 83.7 Å². The minimum Gasteiger partial charge on any atom is -0.397 e. The van der Waals surface area contributed by atoms with Crippen LogP contribution in [-0.4, -0.2) is 26.1 Å². The first kappa shape index (κ1) is 20.0. The van der Waals surface area contributed by atoms with Gasteiger partial charge in [-0.2, -0.15) is 0 Å². The van der Waals surface area contributed by atoms with Crippen LogP contribution in [0.2, 0.25) is 0 Å². The zero-order chi connectivity index (χ0) is 21.6. The predicted molar refractivity (Wildman–Crippen MR) is 116 cm³/mol. The first-order chi connectivity index (χ1) is 15.1. The zero-order valence-corrected chi connectivity index (χ0v) is 16.4. The Kier molecular flexibility index (Phi) is 5.86. The lowest BCUT2D eigenvalue weighted by Gasteiger charge is -2.09. The lowest BCUT2D eigenvalue weighted by Crippen LogP contribution is -2.13. The molecule has 9 nitrogen and oxygen atoms in total. The van der Waals surface area contributed by atoms with E-state index < -0.39 is 0 Å². The third-order valence-electron chi connectivity index (χ3n) is 4.50. The van der Waals surface area contributed by atoms with Crippen molar-refractivity contribution in [2.45, 2.75) is 13.2 Å². The van der Waals surface area contributed by atoms with Crippen LogP contribution >= 0.6 is 0 Å². The highest BCUT2D eigenvalue weighted by molar-refractivity contribution is 6.05. The van der Waals surface area contributed by atoms with Gasteiger partial charge in [0, 0.05) is 24.4 Å². The van der Waals surface area contributed by atoms with Gasteiger partial charge in [-0.15, -0.1) is 0 Å². The topological polar surface area (TPSA) is 139 Å². The number of aromatic nitrogens is 3. The van der Waals surface area contributed by atoms with Crippen LogP contribution in [0.1, 0.15) is 21.6 Å². The van der Waals surface area contributed by atoms with Crippen molar-refractivity contribution >= 4 is 23.2 Å². The van der Waals surface area contributed by atoms with Gasteiger partial charge >= 0.3 is 0 Å². The molecule has 2 heterocycles. The van der Waals surface area contributed by atoms with E-state index in [0.717, 1.165) is 5.56 Å². The number of hydrogen-bond acceptors (Lipinski definition) is 8. The lowest BCUT2D eigenvalue weighted by atomic mass is 10.1. The number of nitrogens with two attached hydrogens (primary N) is 1. The van der Waals surface area contributed by atoms with E-state index >= 15 is 0 Å². The number of aliphatic hydroxyl groups is 1. The highest BCUT2D eigenvalue weighted by Gasteiger charge is 2.10. The predicted octanol–water partition coefficient (Wildman–Crippen LogP) is 3.07. The summed E-state index contributed by atoms with van der Waals surface area (Å²) in [5.41, 5.74) is 9.41. The van der Waals surface area contributed by atoms with Gasteiger partial charge in [-0.3, -0.25) is 4.79 Å². The van der Waals surface area contributed by atoms with Crippen LogP contribution in [0.25, 0.3) is 11.5 Å². The molecule has 0 bridgehead atoms. The molecule has 1 amide bonds. The summed E-state index contributed by atoms with van der Waals surface area (Å²) in [4.78, 5) is 21.0. The van der Waals surface area contributed by atoms with Gasteiger partial charge in [0.25, 0.3) is 5.91 Å². The molecule has 0 aliphatic rings. The number of anilines is 3. The molecule has 2 aromatic heterocycles. The molecule has 2 aromatic carbocycles. The molecule has 0 spiro atoms. The second-order valence-electron chi connectivity index (χ2n) is 6.70. The number of aliphatic hydroxyl groups excluding tert-OH is 1. The Morgan fingerprint density at radius 2 is 1.90 bits per heavy atom. The number of benzene rings is 2. The molecule has 4 rings (SSSR count). The fourth-order valence-electron chi connectivity index (χ4n) is 2.85. The molecule has 31 heavy (non-hydrogen) atoms. The minimum atomic E-state index is -0.234. The van der Waals surface area contributed by atoms with Gasteiger partial charge in [0.05, 0.1) is 18.0 Å². The molecule has 0 saturated heterocycles. The number of amides is 1. The van der Waals surface area contributed by atoms with E-state index in [2.05, 4.69) is 25.8 Å². The van der Waals surface area contributed by atoms with Gasteiger partial charge in [-0.25, -0.2) is 9.97 Å². The molecule has 0 unspecified atom stereocenters. The summed E-state index contributed by atoms with van der Waals surface area (Å²) in [5.74, 6) is 0.632. The standard InChI is InChI=1S/C22H20N6O3/c23-17-3-1-2-4-18(17)26-21(30)15-7-5-14(6-8-15)12-25-22-24-10-9-19(27-22)20-11-16(13-29)28-31-20/h1-11,29H,12-13,23H2,(H,26,30)(H,24,25,27). The average Bonchev–Trinajstić information content (AvgIpc) is 3.29. The SMILES string of the molecule is Nc1ccccc1NC(=O)c1ccc(CNc2nccc(-c3cc(CO)no3)n2)cc1. The first-order valence-corrected chi connectivity index (χ1v) is 9.51. The van der Waals surface area contributed by atoms with Gasteiger partial charge in [-0.1, -0.05) is 29.4 Å². The number of rotatable bonds is 7. The Labute approximate surface area is 177 Å². The maximum Gasteiger partial charge on any atom is 0.255 e. The van der Waals surface area contributed by atoms with Crippen molar-refractivity contribution in [3.8, 4) is 11.5 Å². The fourth-order valence-corrected chi connectivity index (χ4v) is 2.85. The molecule has 0 aliphatic carbocycles. The Morgan fingerprint density at radius 3 is 2.65 bits per heavy atom. The maximum absolute atomic E-state index is 12.4. The second kappa shape index (κ2) is 9.06. The number of hydrogen-bond donors (Lipinski definition) is 4. The molecule has 0 radical (unpaired) electrons. The molecule has 9 heteroatoms. The van der Waals surface area contributed by atoms with Gasteiger partial charge < -0.3 is 26.0 Å². The minimum absolute atomic E-state index is 0.202. The maximum atomic E-state index is 12.4. The number of carbonyl (C=O) groups is 1. The van der Waals surface area contributed by atoms with E-state index in [1.807, 2.05) is 24.3 Å². The van der Waals surface area contributed by atoms with Crippen molar-refractivity contribution in [2.24, 2.45) is 0 Å². The van der Waals surface area contributed by atoms with Crippen LogP contribution < -0.4 is 16.4 Å². The van der Waals surface area contributed by atoms with Gasteiger partial charge in [0.1, 0.15) is 11.4 Å². The van der Waals surface area contributed by atoms with Crippen molar-refractivity contribution < 1.29 is 14.4 Å². The van der Waals surface area contributed by atoms with Crippen molar-refractivity contribution in [3.63, 3.8) is 0 Å². The molecule has 156 valence electrons. The van der Waals surface area contributed by atoms with E-state index in [1.54, 1.807) is 42.6 Å². The molecule has 0 aliphatic heterocycles. The van der Waals surface area contributed by atoms with Crippen molar-refractivity contribution in [1.82, 2.24) is 15.1 Å². The first-order valence-electron chi connectivity index (χ1n) is 9.51. The van der Waals surface area contributed by atoms with Crippen LogP contribution in [-0.2, 0) is 13.2 Å². The molecule has 0 atom stereocenters. The van der Waals surface area contributed by atoms with E-state index in [9.17, 15) is 4.79 Å². The number of nitrogens with one attached hydrogen (secondary N) is 2. The van der Waals surface area contributed by atoms with Crippen LogP contribution in [0.5, 0.6) is 0 Å². The van der Waals surface area contributed by atoms with Crippen LogP contribution in [0.3, 0.4) is 0 Å². The Hall–Kier alpha value is -4.24. The Morgan fingerprint density at radius 1 is 1.10 bits per heavy atom. The molecular weight excluding hydrogens is 396 g/mol. The van der Waals surface area contributed by atoms with Crippen LogP contribution in [0.4, 0.5) is 17.3 Å². The van der Waals surface area contributed by atoms with Gasteiger partial charge in [0.2, 0.25) is 5.95 Å². The van der Waals surface area contributed by atoms with E-state index in [0.29, 0.717) is 46.6 Å². The summed E-state index contributed by atoms with van der Waals surface area (Å²) in [6.45, 7) is 0.266. The molecule has 0 fully saturated rings. The van der Waals surface area contributed by atoms with Crippen LogP contribution in [0, 0.1) is 0 Å². The number of nitrogen functional groups attached to an aromatic ring is 1. The van der Waals surface area contributed by atoms with E-state index in [-0.39, 0.29) is 12.5 Å².